The molecule has 1 heterocycles. The number of esters is 1. The number of ether oxygens (including phenoxy) is 1. The van der Waals surface area contributed by atoms with E-state index >= 15 is 0 Å². The fraction of sp³-hybridized carbons (Fsp3) is 0.800. The van der Waals surface area contributed by atoms with Gasteiger partial charge in [-0.1, -0.05) is 19.9 Å². The number of hydrogen-bond donors (Lipinski definition) is 2. The number of carbonyl (C=O) groups is 2. The Morgan fingerprint density at radius 2 is 1.92 bits per heavy atom. The first-order valence-corrected chi connectivity index (χ1v) is 9.49. The SMILES string of the molecule is C=C1C(=O)[C@]23C[C@H]1CC[C@@]2(O)[C@]1(C)CCC[C@@]2(C)C(=O)O[C@H]([C@H]21)[C@@H]3O. The van der Waals surface area contributed by atoms with Crippen LogP contribution in [0.15, 0.2) is 12.2 Å². The Kier molecular flexibility index (Phi) is 2.69. The molecule has 1 aliphatic heterocycles. The second-order valence-corrected chi connectivity index (χ2v) is 9.61. The van der Waals surface area contributed by atoms with Gasteiger partial charge in [-0.25, -0.2) is 0 Å². The van der Waals surface area contributed by atoms with Crippen LogP contribution >= 0.6 is 0 Å². The van der Waals surface area contributed by atoms with Gasteiger partial charge in [-0.15, -0.1) is 0 Å². The van der Waals surface area contributed by atoms with Gasteiger partial charge in [0.25, 0.3) is 0 Å². The van der Waals surface area contributed by atoms with Crippen molar-refractivity contribution < 1.29 is 24.5 Å². The van der Waals surface area contributed by atoms with Crippen molar-refractivity contribution >= 4 is 11.8 Å². The quantitative estimate of drug-likeness (QED) is 0.516. The summed E-state index contributed by atoms with van der Waals surface area (Å²) in [6.45, 7) is 7.90. The van der Waals surface area contributed by atoms with Crippen LogP contribution in [0.4, 0.5) is 0 Å². The van der Waals surface area contributed by atoms with E-state index in [0.717, 1.165) is 12.8 Å². The van der Waals surface area contributed by atoms with Gasteiger partial charge in [0, 0.05) is 11.3 Å². The molecule has 0 amide bonds. The summed E-state index contributed by atoms with van der Waals surface area (Å²) in [4.78, 5) is 26.0. The molecule has 4 saturated carbocycles. The molecule has 5 fully saturated rings. The Morgan fingerprint density at radius 1 is 1.20 bits per heavy atom. The number of ketones is 1. The van der Waals surface area contributed by atoms with E-state index in [1.807, 2.05) is 13.8 Å². The summed E-state index contributed by atoms with van der Waals surface area (Å²) in [5, 5.41) is 23.4. The molecule has 0 aromatic carbocycles. The molecule has 1 saturated heterocycles. The van der Waals surface area contributed by atoms with E-state index in [4.69, 9.17) is 4.74 Å². The third kappa shape index (κ3) is 1.34. The molecule has 5 nitrogen and oxygen atoms in total. The van der Waals surface area contributed by atoms with Crippen LogP contribution in [0.25, 0.3) is 0 Å². The third-order valence-corrected chi connectivity index (χ3v) is 8.91. The van der Waals surface area contributed by atoms with Crippen molar-refractivity contribution in [2.75, 3.05) is 0 Å². The van der Waals surface area contributed by atoms with Crippen LogP contribution in [0.3, 0.4) is 0 Å². The standard InChI is InChI=1S/C20H26O5/c1-10-11-5-8-20(24)18(3)7-4-6-17(2)13(18)12(25-16(17)23)15(22)19(20,9-11)14(10)21/h11-13,15,22,24H,1,4-9H2,2-3H3/t11-,12-,13-,15+,17-,18-,19+,20-/m1/s1. The molecule has 0 aromatic heterocycles. The average Bonchev–Trinajstić information content (AvgIpc) is 2.96. The second kappa shape index (κ2) is 4.20. The van der Waals surface area contributed by atoms with Crippen molar-refractivity contribution in [1.82, 2.24) is 0 Å². The largest absolute Gasteiger partial charge is 0.459 e. The minimum atomic E-state index is -1.32. The van der Waals surface area contributed by atoms with E-state index in [-0.39, 0.29) is 23.6 Å². The number of Topliss-reactive ketones (excluding diaryl/α,β-unsaturated/α-hetero) is 1. The van der Waals surface area contributed by atoms with Gasteiger partial charge in [0.2, 0.25) is 0 Å². The normalized spacial score (nSPS) is 59.4. The molecule has 0 aromatic rings. The van der Waals surface area contributed by atoms with Crippen molar-refractivity contribution in [3.63, 3.8) is 0 Å². The summed E-state index contributed by atoms with van der Waals surface area (Å²) in [7, 11) is 0. The Balaban J connectivity index is 1.79. The number of allylic oxidation sites excluding steroid dienone is 1. The molecule has 4 aliphatic carbocycles. The van der Waals surface area contributed by atoms with Gasteiger partial charge >= 0.3 is 5.97 Å². The van der Waals surface area contributed by atoms with E-state index in [1.165, 1.54) is 0 Å². The van der Waals surface area contributed by atoms with E-state index < -0.39 is 34.1 Å². The summed E-state index contributed by atoms with van der Waals surface area (Å²) in [6.07, 6.45) is 2.02. The van der Waals surface area contributed by atoms with Gasteiger partial charge in [0.05, 0.1) is 16.4 Å². The van der Waals surface area contributed by atoms with Gasteiger partial charge in [-0.05, 0) is 50.5 Å². The molecule has 25 heavy (non-hydrogen) atoms. The van der Waals surface area contributed by atoms with E-state index in [9.17, 15) is 19.8 Å². The Morgan fingerprint density at radius 3 is 2.64 bits per heavy atom. The second-order valence-electron chi connectivity index (χ2n) is 9.61. The zero-order chi connectivity index (χ0) is 18.0. The van der Waals surface area contributed by atoms with Gasteiger partial charge in [-0.2, -0.15) is 0 Å². The number of aliphatic hydroxyl groups is 2. The zero-order valence-electron chi connectivity index (χ0n) is 14.9. The van der Waals surface area contributed by atoms with Crippen LogP contribution in [-0.4, -0.2) is 39.8 Å². The molecule has 5 heteroatoms. The fourth-order valence-electron chi connectivity index (χ4n) is 7.72. The van der Waals surface area contributed by atoms with E-state index in [1.54, 1.807) is 0 Å². The maximum Gasteiger partial charge on any atom is 0.312 e. The van der Waals surface area contributed by atoms with Crippen molar-refractivity contribution in [1.29, 1.82) is 0 Å². The number of carbonyl (C=O) groups excluding carboxylic acids is 2. The summed E-state index contributed by atoms with van der Waals surface area (Å²) in [5.74, 6) is -0.730. The molecule has 5 aliphatic rings. The molecule has 2 bridgehead atoms. The van der Waals surface area contributed by atoms with E-state index in [2.05, 4.69) is 6.58 Å². The molecule has 8 atom stereocenters. The van der Waals surface area contributed by atoms with Crippen LogP contribution in [0.1, 0.15) is 52.4 Å². The highest BCUT2D eigenvalue weighted by atomic mass is 16.6. The number of rotatable bonds is 0. The summed E-state index contributed by atoms with van der Waals surface area (Å²) in [5.41, 5.74) is -3.37. The van der Waals surface area contributed by atoms with Crippen molar-refractivity contribution in [3.8, 4) is 0 Å². The van der Waals surface area contributed by atoms with Gasteiger partial charge in [-0.3, -0.25) is 9.59 Å². The van der Waals surface area contributed by atoms with Crippen molar-refractivity contribution in [2.24, 2.45) is 28.1 Å². The van der Waals surface area contributed by atoms with Crippen molar-refractivity contribution in [2.45, 2.75) is 70.2 Å². The van der Waals surface area contributed by atoms with Crippen LogP contribution in [0.2, 0.25) is 0 Å². The fourth-order valence-corrected chi connectivity index (χ4v) is 7.72. The minimum absolute atomic E-state index is 0.0228. The van der Waals surface area contributed by atoms with Crippen LogP contribution in [0.5, 0.6) is 0 Å². The number of hydrogen-bond acceptors (Lipinski definition) is 5. The van der Waals surface area contributed by atoms with Gasteiger partial charge in [0.1, 0.15) is 12.2 Å². The highest BCUT2D eigenvalue weighted by Crippen LogP contribution is 2.74. The first-order chi connectivity index (χ1) is 11.6. The van der Waals surface area contributed by atoms with Crippen LogP contribution < -0.4 is 0 Å². The first kappa shape index (κ1) is 16.0. The van der Waals surface area contributed by atoms with Gasteiger partial charge < -0.3 is 14.9 Å². The molecule has 0 unspecified atom stereocenters. The highest BCUT2D eigenvalue weighted by molar-refractivity contribution is 6.04. The lowest BCUT2D eigenvalue weighted by molar-refractivity contribution is -0.294. The molecule has 5 rings (SSSR count). The lowest BCUT2D eigenvalue weighted by atomic mass is 9.38. The average molecular weight is 346 g/mol. The Labute approximate surface area is 147 Å². The predicted molar refractivity (Wildman–Crippen MR) is 88.3 cm³/mol. The minimum Gasteiger partial charge on any atom is -0.459 e. The van der Waals surface area contributed by atoms with Crippen molar-refractivity contribution in [3.05, 3.63) is 12.2 Å². The molecule has 0 radical (unpaired) electrons. The van der Waals surface area contributed by atoms with Crippen LogP contribution in [0, 0.1) is 28.1 Å². The number of fused-ring (bicyclic) bond motifs is 2. The Hall–Kier alpha value is -1.20. The summed E-state index contributed by atoms with van der Waals surface area (Å²) >= 11 is 0. The smallest absolute Gasteiger partial charge is 0.312 e. The highest BCUT2D eigenvalue weighted by Gasteiger charge is 2.82. The zero-order valence-corrected chi connectivity index (χ0v) is 14.9. The molecular formula is C20H26O5. The Bertz CT molecular complexity index is 730. The molecule has 2 N–H and O–H groups in total. The third-order valence-electron chi connectivity index (χ3n) is 8.91. The molecule has 1 spiro atoms. The first-order valence-electron chi connectivity index (χ1n) is 9.49. The lowest BCUT2D eigenvalue weighted by Gasteiger charge is -2.67. The lowest BCUT2D eigenvalue weighted by Crippen LogP contribution is -2.76. The van der Waals surface area contributed by atoms with E-state index in [0.29, 0.717) is 31.3 Å². The molecule has 136 valence electrons. The maximum absolute atomic E-state index is 13.3. The topological polar surface area (TPSA) is 83.8 Å². The summed E-state index contributed by atoms with van der Waals surface area (Å²) in [6, 6.07) is 0. The molecular weight excluding hydrogens is 320 g/mol. The summed E-state index contributed by atoms with van der Waals surface area (Å²) < 4.78 is 5.70. The number of aliphatic hydroxyl groups excluding tert-OH is 1. The predicted octanol–water partition coefficient (Wildman–Crippen LogP) is 1.76. The van der Waals surface area contributed by atoms with Crippen LogP contribution in [-0.2, 0) is 14.3 Å². The monoisotopic (exact) mass is 346 g/mol. The maximum atomic E-state index is 13.3. The van der Waals surface area contributed by atoms with Gasteiger partial charge in [0.15, 0.2) is 5.78 Å².